The Labute approximate surface area is 216 Å². The summed E-state index contributed by atoms with van der Waals surface area (Å²) in [6.07, 6.45) is 0. The second-order valence-corrected chi connectivity index (χ2v) is 9.58. The predicted octanol–water partition coefficient (Wildman–Crippen LogP) is 6.71. The second kappa shape index (κ2) is 11.0. The van der Waals surface area contributed by atoms with Gasteiger partial charge in [-0.15, -0.1) is 0 Å². The van der Waals surface area contributed by atoms with Crippen molar-refractivity contribution in [1.29, 1.82) is 0 Å². The first-order valence-corrected chi connectivity index (χ1v) is 12.5. The van der Waals surface area contributed by atoms with Crippen molar-refractivity contribution < 1.29 is 19.1 Å². The van der Waals surface area contributed by atoms with E-state index in [0.717, 1.165) is 32.2 Å². The minimum atomic E-state index is -0.449. The van der Waals surface area contributed by atoms with E-state index in [1.54, 1.807) is 25.3 Å². The van der Waals surface area contributed by atoms with Crippen LogP contribution in [0.2, 0.25) is 0 Å². The molecular weight excluding hydrogens is 528 g/mol. The van der Waals surface area contributed by atoms with E-state index in [2.05, 4.69) is 21.2 Å². The SMILES string of the molecule is COCSc1cc(C(=O)OC)ccc1NC(=O)c1c(C)c(-c2ccccc2)nc2ccc(Br)cc12. The Morgan fingerprint density at radius 2 is 1.80 bits per heavy atom. The number of nitrogens with one attached hydrogen (secondary N) is 1. The smallest absolute Gasteiger partial charge is 0.337 e. The van der Waals surface area contributed by atoms with Crippen molar-refractivity contribution in [2.75, 3.05) is 25.5 Å². The lowest BCUT2D eigenvalue weighted by Crippen LogP contribution is -2.16. The van der Waals surface area contributed by atoms with Crippen molar-refractivity contribution in [2.45, 2.75) is 11.8 Å². The Bertz CT molecular complexity index is 1410. The fourth-order valence-corrected chi connectivity index (χ4v) is 4.89. The van der Waals surface area contributed by atoms with Crippen LogP contribution in [0.4, 0.5) is 5.69 Å². The number of pyridine rings is 1. The maximum absolute atomic E-state index is 13.8. The zero-order valence-electron chi connectivity index (χ0n) is 19.4. The van der Waals surface area contributed by atoms with Crippen LogP contribution in [0, 0.1) is 6.92 Å². The number of carbonyl (C=O) groups excluding carboxylic acids is 2. The van der Waals surface area contributed by atoms with Gasteiger partial charge in [-0.05, 0) is 48.9 Å². The van der Waals surface area contributed by atoms with Gasteiger partial charge in [0.25, 0.3) is 5.91 Å². The van der Waals surface area contributed by atoms with Gasteiger partial charge in [0.2, 0.25) is 0 Å². The van der Waals surface area contributed by atoms with Gasteiger partial charge in [0.15, 0.2) is 0 Å². The molecule has 0 aliphatic heterocycles. The first-order valence-electron chi connectivity index (χ1n) is 10.7. The molecule has 0 aliphatic carbocycles. The van der Waals surface area contributed by atoms with Gasteiger partial charge in [-0.2, -0.15) is 0 Å². The van der Waals surface area contributed by atoms with Crippen LogP contribution in [0.15, 0.2) is 76.1 Å². The highest BCUT2D eigenvalue weighted by molar-refractivity contribution is 9.10. The lowest BCUT2D eigenvalue weighted by atomic mass is 9.97. The molecule has 1 heterocycles. The number of aromatic nitrogens is 1. The molecule has 178 valence electrons. The number of ether oxygens (including phenoxy) is 2. The van der Waals surface area contributed by atoms with Crippen LogP contribution in [0.1, 0.15) is 26.3 Å². The summed E-state index contributed by atoms with van der Waals surface area (Å²) in [5.74, 6) is -0.360. The fraction of sp³-hybridized carbons (Fsp3) is 0.148. The van der Waals surface area contributed by atoms with Crippen molar-refractivity contribution in [2.24, 2.45) is 0 Å². The van der Waals surface area contributed by atoms with Gasteiger partial charge < -0.3 is 14.8 Å². The van der Waals surface area contributed by atoms with Crippen LogP contribution < -0.4 is 5.32 Å². The molecule has 0 unspecified atom stereocenters. The highest BCUT2D eigenvalue weighted by Crippen LogP contribution is 2.34. The average Bonchev–Trinajstić information content (AvgIpc) is 2.87. The third-order valence-electron chi connectivity index (χ3n) is 5.45. The number of thioether (sulfide) groups is 1. The fourth-order valence-electron chi connectivity index (χ4n) is 3.80. The first-order chi connectivity index (χ1) is 16.9. The van der Waals surface area contributed by atoms with Gasteiger partial charge >= 0.3 is 5.97 Å². The highest BCUT2D eigenvalue weighted by Gasteiger charge is 2.21. The van der Waals surface area contributed by atoms with Crippen molar-refractivity contribution in [3.8, 4) is 11.3 Å². The van der Waals surface area contributed by atoms with Gasteiger partial charge in [0.05, 0.1) is 41.1 Å². The number of amides is 1. The number of halogens is 1. The zero-order valence-corrected chi connectivity index (χ0v) is 21.8. The number of anilines is 1. The van der Waals surface area contributed by atoms with Gasteiger partial charge in [-0.1, -0.05) is 58.0 Å². The van der Waals surface area contributed by atoms with Crippen molar-refractivity contribution >= 4 is 56.2 Å². The Balaban J connectivity index is 1.82. The van der Waals surface area contributed by atoms with Gasteiger partial charge in [0.1, 0.15) is 0 Å². The first kappa shape index (κ1) is 24.9. The number of esters is 1. The van der Waals surface area contributed by atoms with E-state index >= 15 is 0 Å². The molecule has 6 nitrogen and oxygen atoms in total. The number of hydrogen-bond donors (Lipinski definition) is 1. The largest absolute Gasteiger partial charge is 0.465 e. The molecule has 1 aromatic heterocycles. The normalized spacial score (nSPS) is 10.9. The van der Waals surface area contributed by atoms with Crippen LogP contribution in [0.5, 0.6) is 0 Å². The Morgan fingerprint density at radius 3 is 2.51 bits per heavy atom. The summed E-state index contributed by atoms with van der Waals surface area (Å²) in [4.78, 5) is 31.3. The molecule has 1 N–H and O–H groups in total. The lowest BCUT2D eigenvalue weighted by molar-refractivity contribution is 0.0600. The molecule has 0 bridgehead atoms. The molecule has 0 saturated carbocycles. The molecule has 4 rings (SSSR count). The summed E-state index contributed by atoms with van der Waals surface area (Å²) in [5, 5.41) is 3.78. The molecule has 0 radical (unpaired) electrons. The van der Waals surface area contributed by atoms with Crippen LogP contribution in [-0.2, 0) is 9.47 Å². The van der Waals surface area contributed by atoms with Gasteiger partial charge in [-0.3, -0.25) is 4.79 Å². The topological polar surface area (TPSA) is 77.5 Å². The third-order valence-corrected chi connectivity index (χ3v) is 6.94. The summed E-state index contributed by atoms with van der Waals surface area (Å²) >= 11 is 4.89. The maximum Gasteiger partial charge on any atom is 0.337 e. The molecule has 3 aromatic carbocycles. The molecule has 0 atom stereocenters. The van der Waals surface area contributed by atoms with Crippen LogP contribution in [-0.4, -0.2) is 37.0 Å². The van der Waals surface area contributed by atoms with E-state index in [1.165, 1.54) is 18.9 Å². The van der Waals surface area contributed by atoms with E-state index < -0.39 is 5.97 Å². The molecule has 8 heteroatoms. The standard InChI is InChI=1S/C27H23BrN2O4S/c1-16-24(20-14-19(28)10-12-21(20)29-25(16)17-7-5-4-6-8-17)26(31)30-22-11-9-18(27(32)34-3)13-23(22)35-15-33-2/h4-14H,15H2,1-3H3,(H,30,31). The molecule has 0 aliphatic rings. The Hall–Kier alpha value is -3.20. The molecular formula is C27H23BrN2O4S. The lowest BCUT2D eigenvalue weighted by Gasteiger charge is -2.17. The summed E-state index contributed by atoms with van der Waals surface area (Å²) in [6, 6.07) is 20.5. The molecule has 35 heavy (non-hydrogen) atoms. The zero-order chi connectivity index (χ0) is 24.9. The Morgan fingerprint density at radius 1 is 1.03 bits per heavy atom. The van der Waals surface area contributed by atoms with Gasteiger partial charge in [0, 0.05) is 27.4 Å². The minimum Gasteiger partial charge on any atom is -0.465 e. The number of methoxy groups -OCH3 is 2. The number of fused-ring (bicyclic) bond motifs is 1. The molecule has 0 spiro atoms. The number of rotatable bonds is 7. The molecule has 0 fully saturated rings. The van der Waals surface area contributed by atoms with Crippen molar-refractivity contribution in [1.82, 2.24) is 4.98 Å². The molecule has 0 saturated heterocycles. The van der Waals surface area contributed by atoms with E-state index in [4.69, 9.17) is 14.5 Å². The van der Waals surface area contributed by atoms with Gasteiger partial charge in [-0.25, -0.2) is 9.78 Å². The van der Waals surface area contributed by atoms with E-state index in [0.29, 0.717) is 27.6 Å². The molecule has 4 aromatic rings. The van der Waals surface area contributed by atoms with E-state index in [-0.39, 0.29) is 5.91 Å². The summed E-state index contributed by atoms with van der Waals surface area (Å²) in [7, 11) is 2.92. The molecule has 1 amide bonds. The quantitative estimate of drug-likeness (QED) is 0.156. The number of nitrogens with zero attached hydrogens (tertiary/aromatic N) is 1. The van der Waals surface area contributed by atoms with Crippen LogP contribution in [0.25, 0.3) is 22.2 Å². The van der Waals surface area contributed by atoms with Crippen molar-refractivity contribution in [3.05, 3.63) is 87.9 Å². The second-order valence-electron chi connectivity index (χ2n) is 7.70. The summed E-state index contributed by atoms with van der Waals surface area (Å²) < 4.78 is 10.9. The maximum atomic E-state index is 13.8. The summed E-state index contributed by atoms with van der Waals surface area (Å²) in [6.45, 7) is 1.91. The predicted molar refractivity (Wildman–Crippen MR) is 143 cm³/mol. The number of carbonyl (C=O) groups is 2. The minimum absolute atomic E-state index is 0.268. The van der Waals surface area contributed by atoms with Crippen LogP contribution in [0.3, 0.4) is 0 Å². The average molecular weight is 551 g/mol. The number of benzene rings is 3. The Kier molecular flexibility index (Phi) is 7.85. The summed E-state index contributed by atoms with van der Waals surface area (Å²) in [5.41, 5.74) is 4.68. The highest BCUT2D eigenvalue weighted by atomic mass is 79.9. The van der Waals surface area contributed by atoms with Crippen molar-refractivity contribution in [3.63, 3.8) is 0 Å². The monoisotopic (exact) mass is 550 g/mol. The van der Waals surface area contributed by atoms with Crippen LogP contribution >= 0.6 is 27.7 Å². The number of hydrogen-bond acceptors (Lipinski definition) is 6. The van der Waals surface area contributed by atoms with E-state index in [1.807, 2.05) is 55.5 Å². The van der Waals surface area contributed by atoms with E-state index in [9.17, 15) is 9.59 Å². The third kappa shape index (κ3) is 5.40.